The summed E-state index contributed by atoms with van der Waals surface area (Å²) in [4.78, 5) is 23.6. The Balaban J connectivity index is 1.70. The van der Waals surface area contributed by atoms with Crippen LogP contribution in [0, 0.1) is 34.5 Å². The number of fused-ring (bicyclic) bond motifs is 5. The van der Waals surface area contributed by atoms with Gasteiger partial charge in [0.25, 0.3) is 0 Å². The third-order valence-corrected chi connectivity index (χ3v) is 9.29. The third-order valence-electron chi connectivity index (χ3n) is 9.29. The number of allylic oxidation sites excluding steroid dienone is 3. The van der Waals surface area contributed by atoms with Crippen molar-refractivity contribution in [1.82, 2.24) is 0 Å². The molecule has 5 heteroatoms. The lowest BCUT2D eigenvalue weighted by atomic mass is 9.49. The van der Waals surface area contributed by atoms with E-state index in [1.54, 1.807) is 0 Å². The van der Waals surface area contributed by atoms with Gasteiger partial charge in [-0.2, -0.15) is 0 Å². The first kappa shape index (κ1) is 22.6. The van der Waals surface area contributed by atoms with Crippen LogP contribution in [0.1, 0.15) is 73.1 Å². The Morgan fingerprint density at radius 1 is 1.10 bits per heavy atom. The van der Waals surface area contributed by atoms with Crippen LogP contribution < -0.4 is 0 Å². The monoisotopic (exact) mass is 430 g/mol. The second-order valence-electron chi connectivity index (χ2n) is 10.9. The number of rotatable bonds is 4. The van der Waals surface area contributed by atoms with Crippen molar-refractivity contribution in [2.75, 3.05) is 6.61 Å². The molecule has 0 amide bonds. The summed E-state index contributed by atoms with van der Waals surface area (Å²) in [5.41, 5.74) is 2.72. The van der Waals surface area contributed by atoms with E-state index < -0.39 is 0 Å². The van der Waals surface area contributed by atoms with Crippen molar-refractivity contribution in [2.45, 2.75) is 85.4 Å². The van der Waals surface area contributed by atoms with E-state index in [1.165, 1.54) is 37.8 Å². The molecule has 0 bridgehead atoms. The van der Waals surface area contributed by atoms with E-state index >= 15 is 0 Å². The summed E-state index contributed by atoms with van der Waals surface area (Å²) in [5.74, 6) is 1.17. The van der Waals surface area contributed by atoms with Crippen LogP contribution in [-0.4, -0.2) is 35.9 Å². The minimum Gasteiger partial charge on any atom is -0.462 e. The molecule has 3 fully saturated rings. The summed E-state index contributed by atoms with van der Waals surface area (Å²) in [6, 6.07) is 0. The van der Waals surface area contributed by atoms with Gasteiger partial charge in [0.1, 0.15) is 12.2 Å². The van der Waals surface area contributed by atoms with Crippen molar-refractivity contribution in [3.63, 3.8) is 0 Å². The number of ether oxygens (including phenoxy) is 2. The standard InChI is InChI=1S/C26H38O5/c1-15(14-27)21-8-9-22-20-7-6-18-12-19(30-16(2)28)13-24(31-17(3)29)26(18,5)23(20)10-11-25(21,22)4/h6-7,15,19,21-24,27H,8-14H2,1-5H3/t15?,19-,21-,22+,23+,24+,25-,26+/m1/s1. The molecule has 172 valence electrons. The number of hydrogen-bond donors (Lipinski definition) is 1. The Hall–Kier alpha value is -1.62. The van der Waals surface area contributed by atoms with E-state index in [1.807, 2.05) is 0 Å². The summed E-state index contributed by atoms with van der Waals surface area (Å²) >= 11 is 0. The molecule has 1 N–H and O–H groups in total. The quantitative estimate of drug-likeness (QED) is 0.661. The Morgan fingerprint density at radius 2 is 1.81 bits per heavy atom. The number of esters is 2. The number of aliphatic hydroxyl groups is 1. The fraction of sp³-hybridized carbons (Fsp3) is 0.769. The normalized spacial score (nSPS) is 42.3. The number of hydrogen-bond acceptors (Lipinski definition) is 5. The molecule has 4 aliphatic carbocycles. The molecular weight excluding hydrogens is 392 g/mol. The highest BCUT2D eigenvalue weighted by molar-refractivity contribution is 5.67. The minimum atomic E-state index is -0.291. The maximum Gasteiger partial charge on any atom is 0.302 e. The molecule has 0 spiro atoms. The predicted octanol–water partition coefficient (Wildman–Crippen LogP) is 4.59. The van der Waals surface area contributed by atoms with Crippen molar-refractivity contribution in [3.05, 3.63) is 23.3 Å². The van der Waals surface area contributed by atoms with Gasteiger partial charge in [0.2, 0.25) is 0 Å². The maximum atomic E-state index is 12.0. The molecule has 3 saturated carbocycles. The Bertz CT molecular complexity index is 813. The molecule has 0 aromatic carbocycles. The van der Waals surface area contributed by atoms with E-state index in [0.717, 1.165) is 12.8 Å². The third kappa shape index (κ3) is 3.57. The number of carbonyl (C=O) groups excluding carboxylic acids is 2. The first-order valence-electron chi connectivity index (χ1n) is 12.0. The van der Waals surface area contributed by atoms with Crippen LogP contribution in [0.4, 0.5) is 0 Å². The average molecular weight is 431 g/mol. The largest absolute Gasteiger partial charge is 0.462 e. The highest BCUT2D eigenvalue weighted by Crippen LogP contribution is 2.66. The van der Waals surface area contributed by atoms with Gasteiger partial charge >= 0.3 is 11.9 Å². The van der Waals surface area contributed by atoms with E-state index in [4.69, 9.17) is 9.47 Å². The van der Waals surface area contributed by atoms with Gasteiger partial charge in [-0.25, -0.2) is 0 Å². The fourth-order valence-electron chi connectivity index (χ4n) is 7.80. The molecule has 0 heterocycles. The predicted molar refractivity (Wildman–Crippen MR) is 118 cm³/mol. The lowest BCUT2D eigenvalue weighted by Crippen LogP contribution is -2.54. The number of carbonyl (C=O) groups is 2. The molecule has 31 heavy (non-hydrogen) atoms. The van der Waals surface area contributed by atoms with Crippen LogP contribution in [0.15, 0.2) is 23.3 Å². The summed E-state index contributed by atoms with van der Waals surface area (Å²) < 4.78 is 11.5. The molecule has 4 aliphatic rings. The van der Waals surface area contributed by atoms with Crippen LogP contribution in [0.25, 0.3) is 0 Å². The smallest absolute Gasteiger partial charge is 0.302 e. The van der Waals surface area contributed by atoms with E-state index in [2.05, 4.69) is 32.9 Å². The zero-order chi connectivity index (χ0) is 22.6. The number of aliphatic hydroxyl groups excluding tert-OH is 1. The molecule has 0 saturated heterocycles. The molecule has 4 rings (SSSR count). The summed E-state index contributed by atoms with van der Waals surface area (Å²) in [6.07, 6.45) is 9.83. The molecular formula is C26H38O5. The van der Waals surface area contributed by atoms with Gasteiger partial charge in [0, 0.05) is 38.7 Å². The summed E-state index contributed by atoms with van der Waals surface area (Å²) in [7, 11) is 0. The highest BCUT2D eigenvalue weighted by atomic mass is 16.6. The minimum absolute atomic E-state index is 0.220. The first-order chi connectivity index (χ1) is 14.6. The average Bonchev–Trinajstić information content (AvgIpc) is 3.04. The van der Waals surface area contributed by atoms with Crippen molar-refractivity contribution in [2.24, 2.45) is 34.5 Å². The van der Waals surface area contributed by atoms with Gasteiger partial charge in [-0.3, -0.25) is 9.59 Å². The van der Waals surface area contributed by atoms with Crippen molar-refractivity contribution >= 4 is 11.9 Å². The summed E-state index contributed by atoms with van der Waals surface area (Å²) in [5, 5.41) is 9.83. The van der Waals surface area contributed by atoms with Gasteiger partial charge in [0.15, 0.2) is 0 Å². The lowest BCUT2D eigenvalue weighted by molar-refractivity contribution is -0.165. The van der Waals surface area contributed by atoms with Gasteiger partial charge < -0.3 is 14.6 Å². The van der Waals surface area contributed by atoms with E-state index in [0.29, 0.717) is 36.5 Å². The lowest BCUT2D eigenvalue weighted by Gasteiger charge is -2.57. The molecule has 1 unspecified atom stereocenters. The molecule has 8 atom stereocenters. The maximum absolute atomic E-state index is 12.0. The van der Waals surface area contributed by atoms with E-state index in [9.17, 15) is 14.7 Å². The molecule has 0 aromatic rings. The van der Waals surface area contributed by atoms with Gasteiger partial charge in [-0.1, -0.05) is 44.1 Å². The molecule has 5 nitrogen and oxygen atoms in total. The van der Waals surface area contributed by atoms with Gasteiger partial charge in [0.05, 0.1) is 0 Å². The van der Waals surface area contributed by atoms with Gasteiger partial charge in [-0.15, -0.1) is 0 Å². The molecule has 0 radical (unpaired) electrons. The van der Waals surface area contributed by atoms with Crippen LogP contribution in [0.3, 0.4) is 0 Å². The van der Waals surface area contributed by atoms with Gasteiger partial charge in [-0.05, 0) is 54.8 Å². The van der Waals surface area contributed by atoms with Crippen LogP contribution in [0.2, 0.25) is 0 Å². The Morgan fingerprint density at radius 3 is 2.45 bits per heavy atom. The topological polar surface area (TPSA) is 72.8 Å². The Kier molecular flexibility index (Phi) is 5.87. The van der Waals surface area contributed by atoms with Crippen LogP contribution in [0.5, 0.6) is 0 Å². The second-order valence-corrected chi connectivity index (χ2v) is 10.9. The van der Waals surface area contributed by atoms with Crippen molar-refractivity contribution in [3.8, 4) is 0 Å². The highest BCUT2D eigenvalue weighted by Gasteiger charge is 2.60. The van der Waals surface area contributed by atoms with Crippen molar-refractivity contribution < 1.29 is 24.2 Å². The molecule has 0 aliphatic heterocycles. The fourth-order valence-corrected chi connectivity index (χ4v) is 7.80. The molecule has 0 aromatic heterocycles. The SMILES string of the molecule is CC(=O)O[C@@H]1CC2=CC=C3[C@@H]4CC[C@H](C(C)CO)[C@@]4(C)CC[C@@H]3[C@@]2(C)[C@@H](OC(C)=O)C1. The van der Waals surface area contributed by atoms with Crippen LogP contribution in [-0.2, 0) is 19.1 Å². The Labute approximate surface area is 186 Å². The zero-order valence-corrected chi connectivity index (χ0v) is 19.6. The zero-order valence-electron chi connectivity index (χ0n) is 19.6. The first-order valence-corrected chi connectivity index (χ1v) is 12.0. The second kappa shape index (κ2) is 8.06. The van der Waals surface area contributed by atoms with Crippen LogP contribution >= 0.6 is 0 Å². The summed E-state index contributed by atoms with van der Waals surface area (Å²) in [6.45, 7) is 10.0. The van der Waals surface area contributed by atoms with E-state index in [-0.39, 0.29) is 41.6 Å². The van der Waals surface area contributed by atoms with Crippen molar-refractivity contribution in [1.29, 1.82) is 0 Å².